The lowest BCUT2D eigenvalue weighted by molar-refractivity contribution is 0.111. The summed E-state index contributed by atoms with van der Waals surface area (Å²) in [5, 5.41) is 10.0. The molecule has 4 nitrogen and oxygen atoms in total. The normalized spacial score (nSPS) is 12.1. The van der Waals surface area contributed by atoms with Gasteiger partial charge in [0.25, 0.3) is 0 Å². The molecule has 0 radical (unpaired) electrons. The predicted octanol–water partition coefficient (Wildman–Crippen LogP) is 1.37. The Bertz CT molecular complexity index is 485. The molecule has 0 aliphatic rings. The maximum atomic E-state index is 10.7. The highest BCUT2D eigenvalue weighted by molar-refractivity contribution is 5.73. The minimum absolute atomic E-state index is 0.166. The highest BCUT2D eigenvalue weighted by Crippen LogP contribution is 2.20. The molecule has 80 valence electrons. The molecule has 0 saturated carbocycles. The lowest BCUT2D eigenvalue weighted by Crippen LogP contribution is -2.07. The minimum Gasteiger partial charge on any atom is -0.382 e. The molecule has 0 fully saturated rings. The van der Waals surface area contributed by atoms with Crippen LogP contribution < -0.4 is 0 Å². The zero-order valence-corrected chi connectivity index (χ0v) is 8.45. The van der Waals surface area contributed by atoms with E-state index in [1.807, 2.05) is 18.2 Å². The molecule has 0 spiro atoms. The van der Waals surface area contributed by atoms with Gasteiger partial charge in [-0.3, -0.25) is 9.78 Å². The molecular weight excluding hydrogens is 204 g/mol. The van der Waals surface area contributed by atoms with Crippen molar-refractivity contribution < 1.29 is 9.90 Å². The second-order valence-corrected chi connectivity index (χ2v) is 3.26. The third-order valence-corrected chi connectivity index (χ3v) is 2.24. The van der Waals surface area contributed by atoms with Crippen LogP contribution in [0.25, 0.3) is 0 Å². The SMILES string of the molecule is O=Cc1nccnc1C(O)c1ccccc1. The molecule has 0 saturated heterocycles. The van der Waals surface area contributed by atoms with Crippen LogP contribution in [0.1, 0.15) is 27.8 Å². The van der Waals surface area contributed by atoms with E-state index in [0.717, 1.165) is 0 Å². The van der Waals surface area contributed by atoms with Gasteiger partial charge in [0.2, 0.25) is 0 Å². The van der Waals surface area contributed by atoms with E-state index in [9.17, 15) is 9.90 Å². The van der Waals surface area contributed by atoms with Gasteiger partial charge in [0.05, 0.1) is 0 Å². The Kier molecular flexibility index (Phi) is 3.03. The standard InChI is InChI=1S/C12H10N2O2/c15-8-10-11(14-7-6-13-10)12(16)9-4-2-1-3-5-9/h1-8,12,16H. The van der Waals surface area contributed by atoms with Crippen LogP contribution in [0.4, 0.5) is 0 Å². The smallest absolute Gasteiger partial charge is 0.170 e. The number of rotatable bonds is 3. The molecular formula is C12H10N2O2. The summed E-state index contributed by atoms with van der Waals surface area (Å²) >= 11 is 0. The van der Waals surface area contributed by atoms with Crippen LogP contribution in [0.3, 0.4) is 0 Å². The van der Waals surface area contributed by atoms with Crippen LogP contribution in [0.5, 0.6) is 0 Å². The van der Waals surface area contributed by atoms with Gasteiger partial charge in [-0.25, -0.2) is 4.98 Å². The van der Waals surface area contributed by atoms with E-state index in [4.69, 9.17) is 0 Å². The fourth-order valence-corrected chi connectivity index (χ4v) is 1.45. The van der Waals surface area contributed by atoms with Crippen LogP contribution >= 0.6 is 0 Å². The monoisotopic (exact) mass is 214 g/mol. The summed E-state index contributed by atoms with van der Waals surface area (Å²) < 4.78 is 0. The van der Waals surface area contributed by atoms with E-state index in [2.05, 4.69) is 9.97 Å². The maximum absolute atomic E-state index is 10.7. The number of nitrogens with zero attached hydrogens (tertiary/aromatic N) is 2. The molecule has 16 heavy (non-hydrogen) atoms. The molecule has 1 aromatic heterocycles. The van der Waals surface area contributed by atoms with Gasteiger partial charge in [-0.1, -0.05) is 30.3 Å². The maximum Gasteiger partial charge on any atom is 0.170 e. The zero-order valence-electron chi connectivity index (χ0n) is 8.45. The number of hydrogen-bond acceptors (Lipinski definition) is 4. The van der Waals surface area contributed by atoms with E-state index in [1.54, 1.807) is 12.1 Å². The molecule has 1 heterocycles. The third kappa shape index (κ3) is 1.97. The van der Waals surface area contributed by atoms with Crippen LogP contribution in [0.15, 0.2) is 42.7 Å². The summed E-state index contributed by atoms with van der Waals surface area (Å²) in [7, 11) is 0. The highest BCUT2D eigenvalue weighted by atomic mass is 16.3. The van der Waals surface area contributed by atoms with Crippen LogP contribution in [0.2, 0.25) is 0 Å². The minimum atomic E-state index is -0.921. The lowest BCUT2D eigenvalue weighted by Gasteiger charge is -2.10. The Labute approximate surface area is 92.6 Å². The zero-order chi connectivity index (χ0) is 11.4. The topological polar surface area (TPSA) is 63.1 Å². The number of hydrogen-bond donors (Lipinski definition) is 1. The molecule has 1 aromatic carbocycles. The average molecular weight is 214 g/mol. The first-order chi connectivity index (χ1) is 7.83. The summed E-state index contributed by atoms with van der Waals surface area (Å²) in [5.74, 6) is 0. The van der Waals surface area contributed by atoms with Gasteiger partial charge < -0.3 is 5.11 Å². The summed E-state index contributed by atoms with van der Waals surface area (Å²) in [4.78, 5) is 18.6. The molecule has 1 N–H and O–H groups in total. The number of aromatic nitrogens is 2. The van der Waals surface area contributed by atoms with E-state index in [1.165, 1.54) is 12.4 Å². The Morgan fingerprint density at radius 2 is 1.81 bits per heavy atom. The van der Waals surface area contributed by atoms with Crippen molar-refractivity contribution in [2.75, 3.05) is 0 Å². The first-order valence-corrected chi connectivity index (χ1v) is 4.82. The van der Waals surface area contributed by atoms with Gasteiger partial charge in [-0.15, -0.1) is 0 Å². The highest BCUT2D eigenvalue weighted by Gasteiger charge is 2.15. The molecule has 2 rings (SSSR count). The second-order valence-electron chi connectivity index (χ2n) is 3.26. The Morgan fingerprint density at radius 3 is 2.50 bits per heavy atom. The molecule has 2 aromatic rings. The second kappa shape index (κ2) is 4.63. The van der Waals surface area contributed by atoms with Gasteiger partial charge in [-0.2, -0.15) is 0 Å². The number of carbonyl (C=O) groups excluding carboxylic acids is 1. The average Bonchev–Trinajstić information content (AvgIpc) is 2.39. The first kappa shape index (κ1) is 10.4. The number of aliphatic hydroxyl groups excluding tert-OH is 1. The van der Waals surface area contributed by atoms with Gasteiger partial charge in [0.1, 0.15) is 17.5 Å². The van der Waals surface area contributed by atoms with Gasteiger partial charge in [0, 0.05) is 12.4 Å². The summed E-state index contributed by atoms with van der Waals surface area (Å²) in [5.41, 5.74) is 1.13. The summed E-state index contributed by atoms with van der Waals surface area (Å²) in [6.45, 7) is 0. The largest absolute Gasteiger partial charge is 0.382 e. The molecule has 0 aliphatic carbocycles. The van der Waals surface area contributed by atoms with Crippen molar-refractivity contribution >= 4 is 6.29 Å². The van der Waals surface area contributed by atoms with E-state index in [-0.39, 0.29) is 11.4 Å². The predicted molar refractivity (Wildman–Crippen MR) is 57.9 cm³/mol. The molecule has 0 bridgehead atoms. The molecule has 0 amide bonds. The number of carbonyl (C=O) groups is 1. The van der Waals surface area contributed by atoms with E-state index in [0.29, 0.717) is 11.8 Å². The third-order valence-electron chi connectivity index (χ3n) is 2.24. The van der Waals surface area contributed by atoms with Gasteiger partial charge >= 0.3 is 0 Å². The molecule has 1 unspecified atom stereocenters. The van der Waals surface area contributed by atoms with Gasteiger partial charge in [0.15, 0.2) is 6.29 Å². The Hall–Kier alpha value is -2.07. The molecule has 0 aliphatic heterocycles. The van der Waals surface area contributed by atoms with Gasteiger partial charge in [-0.05, 0) is 5.56 Å². The number of aliphatic hydroxyl groups is 1. The number of benzene rings is 1. The summed E-state index contributed by atoms with van der Waals surface area (Å²) in [6.07, 6.45) is 2.54. The van der Waals surface area contributed by atoms with E-state index >= 15 is 0 Å². The van der Waals surface area contributed by atoms with Crippen molar-refractivity contribution in [1.29, 1.82) is 0 Å². The lowest BCUT2D eigenvalue weighted by atomic mass is 10.1. The Balaban J connectivity index is 2.41. The van der Waals surface area contributed by atoms with Crippen molar-refractivity contribution in [2.45, 2.75) is 6.10 Å². The van der Waals surface area contributed by atoms with Crippen molar-refractivity contribution in [3.05, 3.63) is 59.7 Å². The van der Waals surface area contributed by atoms with Crippen LogP contribution in [0, 0.1) is 0 Å². The quantitative estimate of drug-likeness (QED) is 0.784. The number of aldehydes is 1. The Morgan fingerprint density at radius 1 is 1.12 bits per heavy atom. The van der Waals surface area contributed by atoms with Crippen molar-refractivity contribution in [2.24, 2.45) is 0 Å². The van der Waals surface area contributed by atoms with Crippen molar-refractivity contribution in [3.8, 4) is 0 Å². The molecule has 4 heteroatoms. The van der Waals surface area contributed by atoms with Crippen molar-refractivity contribution in [3.63, 3.8) is 0 Å². The van der Waals surface area contributed by atoms with E-state index < -0.39 is 6.10 Å². The molecule has 1 atom stereocenters. The summed E-state index contributed by atoms with van der Waals surface area (Å²) in [6, 6.07) is 9.03. The van der Waals surface area contributed by atoms with Crippen LogP contribution in [-0.2, 0) is 0 Å². The first-order valence-electron chi connectivity index (χ1n) is 4.82. The van der Waals surface area contributed by atoms with Crippen LogP contribution in [-0.4, -0.2) is 21.4 Å². The fourth-order valence-electron chi connectivity index (χ4n) is 1.45. The van der Waals surface area contributed by atoms with Crippen molar-refractivity contribution in [1.82, 2.24) is 9.97 Å². The fraction of sp³-hybridized carbons (Fsp3) is 0.0833.